The molecule has 1 aliphatic rings. The first-order chi connectivity index (χ1) is 9.47. The van der Waals surface area contributed by atoms with Crippen LogP contribution in [0.4, 0.5) is 0 Å². The first-order valence-corrected chi connectivity index (χ1v) is 7.75. The van der Waals surface area contributed by atoms with Crippen molar-refractivity contribution >= 4 is 17.7 Å². The highest BCUT2D eigenvalue weighted by Gasteiger charge is 2.21. The molecule has 2 heterocycles. The van der Waals surface area contributed by atoms with Gasteiger partial charge in [-0.3, -0.25) is 4.79 Å². The molecule has 0 radical (unpaired) electrons. The number of carbonyl (C=O) groups excluding carboxylic acids is 1. The lowest BCUT2D eigenvalue weighted by molar-refractivity contribution is -0.119. The SMILES string of the molecule is CC(C)(C)n1nnnc1SCC(=O)NC[C@@H]1CCCO1. The van der Waals surface area contributed by atoms with E-state index < -0.39 is 0 Å². The molecule has 0 aromatic carbocycles. The summed E-state index contributed by atoms with van der Waals surface area (Å²) in [6.07, 6.45) is 2.27. The van der Waals surface area contributed by atoms with Gasteiger partial charge in [-0.05, 0) is 44.0 Å². The Hall–Kier alpha value is -1.15. The second kappa shape index (κ2) is 6.53. The van der Waals surface area contributed by atoms with Gasteiger partial charge in [-0.25, -0.2) is 4.68 Å². The molecule has 1 fully saturated rings. The zero-order valence-electron chi connectivity index (χ0n) is 12.1. The van der Waals surface area contributed by atoms with Gasteiger partial charge in [0.25, 0.3) is 0 Å². The van der Waals surface area contributed by atoms with Crippen molar-refractivity contribution in [2.45, 2.75) is 50.4 Å². The highest BCUT2D eigenvalue weighted by Crippen LogP contribution is 2.21. The Morgan fingerprint density at radius 1 is 1.55 bits per heavy atom. The molecule has 1 aromatic heterocycles. The monoisotopic (exact) mass is 299 g/mol. The van der Waals surface area contributed by atoms with Crippen molar-refractivity contribution in [3.05, 3.63) is 0 Å². The first kappa shape index (κ1) is 15.2. The minimum Gasteiger partial charge on any atom is -0.376 e. The minimum atomic E-state index is -0.194. The van der Waals surface area contributed by atoms with Crippen LogP contribution < -0.4 is 5.32 Å². The normalized spacial score (nSPS) is 19.2. The molecular weight excluding hydrogens is 278 g/mol. The molecule has 7 nitrogen and oxygen atoms in total. The summed E-state index contributed by atoms with van der Waals surface area (Å²) in [7, 11) is 0. The van der Waals surface area contributed by atoms with Gasteiger partial charge in [-0.15, -0.1) is 5.10 Å². The average molecular weight is 299 g/mol. The Labute approximate surface area is 122 Å². The van der Waals surface area contributed by atoms with Crippen LogP contribution >= 0.6 is 11.8 Å². The van der Waals surface area contributed by atoms with Gasteiger partial charge in [0.15, 0.2) is 0 Å². The molecule has 1 aliphatic heterocycles. The topological polar surface area (TPSA) is 81.9 Å². The van der Waals surface area contributed by atoms with E-state index in [9.17, 15) is 4.79 Å². The summed E-state index contributed by atoms with van der Waals surface area (Å²) < 4.78 is 7.19. The molecule has 1 atom stereocenters. The Balaban J connectivity index is 1.77. The van der Waals surface area contributed by atoms with Crippen LogP contribution in [0.15, 0.2) is 5.16 Å². The lowest BCUT2D eigenvalue weighted by Gasteiger charge is -2.19. The summed E-state index contributed by atoms with van der Waals surface area (Å²) in [5.74, 6) is 0.289. The fourth-order valence-electron chi connectivity index (χ4n) is 1.90. The quantitative estimate of drug-likeness (QED) is 0.811. The van der Waals surface area contributed by atoms with E-state index >= 15 is 0 Å². The fourth-order valence-corrected chi connectivity index (χ4v) is 2.79. The van der Waals surface area contributed by atoms with Crippen molar-refractivity contribution in [1.82, 2.24) is 25.5 Å². The Morgan fingerprint density at radius 2 is 2.35 bits per heavy atom. The second-order valence-electron chi connectivity index (χ2n) is 5.77. The van der Waals surface area contributed by atoms with E-state index in [2.05, 4.69) is 20.8 Å². The van der Waals surface area contributed by atoms with E-state index in [0.29, 0.717) is 17.5 Å². The number of tetrazole rings is 1. The van der Waals surface area contributed by atoms with E-state index in [4.69, 9.17) is 4.74 Å². The summed E-state index contributed by atoms with van der Waals surface area (Å²) in [6, 6.07) is 0. The van der Waals surface area contributed by atoms with Crippen LogP contribution in [0.3, 0.4) is 0 Å². The predicted octanol–water partition coefficient (Wildman–Crippen LogP) is 0.815. The number of carbonyl (C=O) groups is 1. The summed E-state index contributed by atoms with van der Waals surface area (Å²) in [6.45, 7) is 7.44. The molecule has 0 aliphatic carbocycles. The number of aromatic nitrogens is 4. The summed E-state index contributed by atoms with van der Waals surface area (Å²) in [5.41, 5.74) is -0.194. The summed E-state index contributed by atoms with van der Waals surface area (Å²) in [4.78, 5) is 11.8. The van der Waals surface area contributed by atoms with Crippen molar-refractivity contribution in [1.29, 1.82) is 0 Å². The molecule has 1 N–H and O–H groups in total. The lowest BCUT2D eigenvalue weighted by Crippen LogP contribution is -2.33. The van der Waals surface area contributed by atoms with Gasteiger partial charge in [0, 0.05) is 13.2 Å². The van der Waals surface area contributed by atoms with E-state index in [0.717, 1.165) is 19.4 Å². The van der Waals surface area contributed by atoms with Crippen LogP contribution in [0.2, 0.25) is 0 Å². The first-order valence-electron chi connectivity index (χ1n) is 6.77. The lowest BCUT2D eigenvalue weighted by atomic mass is 10.1. The van der Waals surface area contributed by atoms with Gasteiger partial charge in [-0.1, -0.05) is 11.8 Å². The van der Waals surface area contributed by atoms with Crippen molar-refractivity contribution in [2.24, 2.45) is 0 Å². The number of thioether (sulfide) groups is 1. The standard InChI is InChI=1S/C12H21N5O2S/c1-12(2,3)17-11(14-15-16-17)20-8-10(18)13-7-9-5-4-6-19-9/h9H,4-8H2,1-3H3,(H,13,18)/t9-/m0/s1. The largest absolute Gasteiger partial charge is 0.376 e. The molecule has 2 rings (SSSR count). The van der Waals surface area contributed by atoms with E-state index in [-0.39, 0.29) is 17.6 Å². The average Bonchev–Trinajstić information content (AvgIpc) is 3.03. The van der Waals surface area contributed by atoms with E-state index in [1.807, 2.05) is 20.8 Å². The third-order valence-electron chi connectivity index (χ3n) is 2.96. The van der Waals surface area contributed by atoms with Crippen LogP contribution in [-0.4, -0.2) is 51.1 Å². The zero-order valence-corrected chi connectivity index (χ0v) is 12.9. The van der Waals surface area contributed by atoms with Crippen LogP contribution in [0.5, 0.6) is 0 Å². The fraction of sp³-hybridized carbons (Fsp3) is 0.833. The molecule has 112 valence electrons. The van der Waals surface area contributed by atoms with Gasteiger partial charge >= 0.3 is 0 Å². The minimum absolute atomic E-state index is 0.0195. The molecule has 0 saturated carbocycles. The molecule has 1 saturated heterocycles. The van der Waals surface area contributed by atoms with Crippen LogP contribution in [0.25, 0.3) is 0 Å². The maximum absolute atomic E-state index is 11.8. The van der Waals surface area contributed by atoms with Gasteiger partial charge in [0.2, 0.25) is 11.1 Å². The van der Waals surface area contributed by atoms with Gasteiger partial charge < -0.3 is 10.1 Å². The molecule has 0 spiro atoms. The molecule has 1 amide bonds. The molecular formula is C12H21N5O2S. The molecule has 0 unspecified atom stereocenters. The Bertz CT molecular complexity index is 451. The van der Waals surface area contributed by atoms with E-state index in [1.165, 1.54) is 11.8 Å². The number of nitrogens with one attached hydrogen (secondary N) is 1. The smallest absolute Gasteiger partial charge is 0.230 e. The second-order valence-corrected chi connectivity index (χ2v) is 6.71. The van der Waals surface area contributed by atoms with Crippen LogP contribution in [0.1, 0.15) is 33.6 Å². The number of ether oxygens (including phenoxy) is 1. The van der Waals surface area contributed by atoms with Crippen LogP contribution in [0, 0.1) is 0 Å². The highest BCUT2D eigenvalue weighted by atomic mass is 32.2. The molecule has 8 heteroatoms. The number of hydrogen-bond acceptors (Lipinski definition) is 6. The van der Waals surface area contributed by atoms with Crippen LogP contribution in [-0.2, 0) is 15.1 Å². The van der Waals surface area contributed by atoms with Crippen molar-refractivity contribution < 1.29 is 9.53 Å². The highest BCUT2D eigenvalue weighted by molar-refractivity contribution is 7.99. The number of nitrogens with zero attached hydrogens (tertiary/aromatic N) is 4. The summed E-state index contributed by atoms with van der Waals surface area (Å²) in [5, 5.41) is 15.1. The third kappa shape index (κ3) is 4.17. The Morgan fingerprint density at radius 3 is 3.00 bits per heavy atom. The predicted molar refractivity (Wildman–Crippen MR) is 75.5 cm³/mol. The third-order valence-corrected chi connectivity index (χ3v) is 3.88. The Kier molecular flexibility index (Phi) is 4.98. The maximum atomic E-state index is 11.8. The number of rotatable bonds is 5. The van der Waals surface area contributed by atoms with Gasteiger partial charge in [0.1, 0.15) is 0 Å². The van der Waals surface area contributed by atoms with Gasteiger partial charge in [0.05, 0.1) is 17.4 Å². The number of amides is 1. The van der Waals surface area contributed by atoms with Crippen molar-refractivity contribution in [2.75, 3.05) is 18.9 Å². The maximum Gasteiger partial charge on any atom is 0.230 e. The summed E-state index contributed by atoms with van der Waals surface area (Å²) >= 11 is 1.35. The molecule has 0 bridgehead atoms. The molecule has 1 aromatic rings. The van der Waals surface area contributed by atoms with Gasteiger partial charge in [-0.2, -0.15) is 0 Å². The molecule has 20 heavy (non-hydrogen) atoms. The van der Waals surface area contributed by atoms with Crippen molar-refractivity contribution in [3.8, 4) is 0 Å². The van der Waals surface area contributed by atoms with E-state index in [1.54, 1.807) is 4.68 Å². The number of hydrogen-bond donors (Lipinski definition) is 1. The zero-order chi connectivity index (χ0) is 14.6. The van der Waals surface area contributed by atoms with Crippen molar-refractivity contribution in [3.63, 3.8) is 0 Å².